The summed E-state index contributed by atoms with van der Waals surface area (Å²) in [6.07, 6.45) is 0. The van der Waals surface area contributed by atoms with E-state index in [-0.39, 0.29) is 0 Å². The molecule has 3 aromatic rings. The fraction of sp³-hybridized carbons (Fsp3) is 0.217. The Morgan fingerprint density at radius 1 is 0.600 bits per heavy atom. The molecule has 2 nitrogen and oxygen atoms in total. The maximum Gasteiger partial charge on any atom is 0.0636 e. The first-order chi connectivity index (χ1) is 11.8. The first-order valence-corrected chi connectivity index (χ1v) is 8.64. The minimum Gasteiger partial charge on any atom is -0.397 e. The van der Waals surface area contributed by atoms with Crippen LogP contribution < -0.4 is 11.5 Å². The van der Waals surface area contributed by atoms with Crippen LogP contribution in [0.2, 0.25) is 0 Å². The fourth-order valence-corrected chi connectivity index (χ4v) is 3.51. The summed E-state index contributed by atoms with van der Waals surface area (Å²) in [4.78, 5) is 0. The molecule has 128 valence electrons. The molecular formula is C23H26N2. The van der Waals surface area contributed by atoms with Gasteiger partial charge in [-0.2, -0.15) is 0 Å². The van der Waals surface area contributed by atoms with Gasteiger partial charge in [-0.1, -0.05) is 48.0 Å². The van der Waals surface area contributed by atoms with Crippen LogP contribution in [0.3, 0.4) is 0 Å². The number of anilines is 2. The van der Waals surface area contributed by atoms with Crippen molar-refractivity contribution in [1.82, 2.24) is 0 Å². The number of aryl methyl sites for hydroxylation is 2. The van der Waals surface area contributed by atoms with Crippen molar-refractivity contribution in [2.24, 2.45) is 0 Å². The summed E-state index contributed by atoms with van der Waals surface area (Å²) in [7, 11) is 0. The smallest absolute Gasteiger partial charge is 0.0636 e. The van der Waals surface area contributed by atoms with E-state index in [9.17, 15) is 0 Å². The molecule has 25 heavy (non-hydrogen) atoms. The number of nitrogens with two attached hydrogens (primary N) is 2. The van der Waals surface area contributed by atoms with Crippen molar-refractivity contribution in [3.05, 3.63) is 70.3 Å². The highest BCUT2D eigenvalue weighted by Gasteiger charge is 2.19. The number of hydrogen-bond acceptors (Lipinski definition) is 2. The van der Waals surface area contributed by atoms with Crippen LogP contribution in [-0.2, 0) is 0 Å². The lowest BCUT2D eigenvalue weighted by Gasteiger charge is -2.22. The highest BCUT2D eigenvalue weighted by molar-refractivity contribution is 5.98. The van der Waals surface area contributed by atoms with Crippen molar-refractivity contribution in [1.29, 1.82) is 0 Å². The van der Waals surface area contributed by atoms with Crippen LogP contribution in [0.4, 0.5) is 11.4 Å². The van der Waals surface area contributed by atoms with E-state index in [0.29, 0.717) is 11.4 Å². The van der Waals surface area contributed by atoms with Gasteiger partial charge in [-0.25, -0.2) is 0 Å². The van der Waals surface area contributed by atoms with Gasteiger partial charge in [-0.3, -0.25) is 0 Å². The van der Waals surface area contributed by atoms with E-state index in [4.69, 9.17) is 11.5 Å². The number of hydrogen-bond donors (Lipinski definition) is 2. The Labute approximate surface area is 150 Å². The largest absolute Gasteiger partial charge is 0.397 e. The molecule has 0 spiro atoms. The molecule has 4 N–H and O–H groups in total. The van der Waals surface area contributed by atoms with Crippen molar-refractivity contribution in [2.75, 3.05) is 11.5 Å². The van der Waals surface area contributed by atoms with E-state index < -0.39 is 0 Å². The predicted molar refractivity (Wildman–Crippen MR) is 110 cm³/mol. The van der Waals surface area contributed by atoms with Gasteiger partial charge in [0.25, 0.3) is 0 Å². The maximum absolute atomic E-state index is 6.55. The molecule has 0 heterocycles. The molecule has 3 rings (SSSR count). The van der Waals surface area contributed by atoms with Crippen molar-refractivity contribution in [2.45, 2.75) is 34.6 Å². The molecule has 0 amide bonds. The van der Waals surface area contributed by atoms with Gasteiger partial charge in [0, 0.05) is 11.1 Å². The van der Waals surface area contributed by atoms with E-state index in [1.165, 1.54) is 33.4 Å². The third kappa shape index (κ3) is 2.78. The molecule has 0 fully saturated rings. The zero-order valence-electron chi connectivity index (χ0n) is 15.7. The van der Waals surface area contributed by atoms with E-state index in [1.807, 2.05) is 0 Å². The van der Waals surface area contributed by atoms with Crippen LogP contribution in [0.15, 0.2) is 42.5 Å². The molecule has 0 aliphatic heterocycles. The Bertz CT molecular complexity index is 922. The molecule has 0 aliphatic carbocycles. The van der Waals surface area contributed by atoms with Crippen LogP contribution in [0.1, 0.15) is 27.8 Å². The monoisotopic (exact) mass is 330 g/mol. The molecule has 0 unspecified atom stereocenters. The van der Waals surface area contributed by atoms with Crippen molar-refractivity contribution in [3.63, 3.8) is 0 Å². The zero-order valence-corrected chi connectivity index (χ0v) is 15.7. The molecule has 2 heteroatoms. The second kappa shape index (κ2) is 6.29. The molecule has 0 radical (unpaired) electrons. The average molecular weight is 330 g/mol. The minimum absolute atomic E-state index is 0.669. The molecule has 0 aliphatic rings. The fourth-order valence-electron chi connectivity index (χ4n) is 3.51. The third-order valence-corrected chi connectivity index (χ3v) is 5.36. The summed E-state index contributed by atoms with van der Waals surface area (Å²) >= 11 is 0. The van der Waals surface area contributed by atoms with Crippen molar-refractivity contribution in [3.8, 4) is 22.3 Å². The minimum atomic E-state index is 0.669. The molecular weight excluding hydrogens is 304 g/mol. The van der Waals surface area contributed by atoms with Crippen molar-refractivity contribution >= 4 is 11.4 Å². The van der Waals surface area contributed by atoms with Crippen LogP contribution >= 0.6 is 0 Å². The Kier molecular flexibility index (Phi) is 4.30. The lowest BCUT2D eigenvalue weighted by atomic mass is 9.85. The van der Waals surface area contributed by atoms with Crippen molar-refractivity contribution < 1.29 is 0 Å². The second-order valence-electron chi connectivity index (χ2n) is 6.94. The molecule has 0 bridgehead atoms. The number of benzene rings is 3. The molecule has 0 saturated carbocycles. The molecule has 0 aromatic heterocycles. The van der Waals surface area contributed by atoms with Crippen LogP contribution in [0.5, 0.6) is 0 Å². The Balaban J connectivity index is 2.32. The van der Waals surface area contributed by atoms with Gasteiger partial charge in [0.1, 0.15) is 0 Å². The van der Waals surface area contributed by atoms with Gasteiger partial charge in [0.15, 0.2) is 0 Å². The lowest BCUT2D eigenvalue weighted by Crippen LogP contribution is -2.06. The summed E-state index contributed by atoms with van der Waals surface area (Å²) < 4.78 is 0. The third-order valence-electron chi connectivity index (χ3n) is 5.36. The van der Waals surface area contributed by atoms with Crippen LogP contribution in [-0.4, -0.2) is 0 Å². The summed E-state index contributed by atoms with van der Waals surface area (Å²) in [6, 6.07) is 14.8. The van der Waals surface area contributed by atoms with Gasteiger partial charge in [-0.05, 0) is 68.0 Å². The molecule has 0 saturated heterocycles. The van der Waals surface area contributed by atoms with Gasteiger partial charge in [-0.15, -0.1) is 0 Å². The zero-order chi connectivity index (χ0) is 18.3. The average Bonchev–Trinajstić information content (AvgIpc) is 2.59. The maximum atomic E-state index is 6.55. The quantitative estimate of drug-likeness (QED) is 0.590. The Hall–Kier alpha value is -2.74. The van der Waals surface area contributed by atoms with Gasteiger partial charge in [0.05, 0.1) is 11.4 Å². The summed E-state index contributed by atoms with van der Waals surface area (Å²) in [6.45, 7) is 10.6. The van der Waals surface area contributed by atoms with E-state index in [1.54, 1.807) is 0 Å². The summed E-state index contributed by atoms with van der Waals surface area (Å²) in [5, 5.41) is 0. The van der Waals surface area contributed by atoms with Gasteiger partial charge >= 0.3 is 0 Å². The standard InChI is InChI=1S/C23H26N2/c1-13-9-11-18(12-10-13)20-16(4)17(5)21(23(25)22(20)24)19-8-6-7-14(2)15(19)3/h6-12H,24-25H2,1-5H3. The first-order valence-electron chi connectivity index (χ1n) is 8.64. The van der Waals surface area contributed by atoms with Crippen LogP contribution in [0, 0.1) is 34.6 Å². The highest BCUT2D eigenvalue weighted by atomic mass is 14.7. The Morgan fingerprint density at radius 2 is 1.16 bits per heavy atom. The highest BCUT2D eigenvalue weighted by Crippen LogP contribution is 2.44. The Morgan fingerprint density at radius 3 is 1.80 bits per heavy atom. The normalized spacial score (nSPS) is 10.9. The lowest BCUT2D eigenvalue weighted by molar-refractivity contribution is 1.30. The van der Waals surface area contributed by atoms with E-state index in [2.05, 4.69) is 77.1 Å². The SMILES string of the molecule is Cc1ccc(-c2c(C)c(C)c(-c3cccc(C)c3C)c(N)c2N)cc1. The predicted octanol–water partition coefficient (Wildman–Crippen LogP) is 5.73. The molecule has 0 atom stereocenters. The number of nitrogen functional groups attached to an aromatic ring is 2. The topological polar surface area (TPSA) is 52.0 Å². The van der Waals surface area contributed by atoms with E-state index in [0.717, 1.165) is 16.7 Å². The number of rotatable bonds is 2. The van der Waals surface area contributed by atoms with Gasteiger partial charge < -0.3 is 11.5 Å². The van der Waals surface area contributed by atoms with Crippen LogP contribution in [0.25, 0.3) is 22.3 Å². The van der Waals surface area contributed by atoms with E-state index >= 15 is 0 Å². The summed E-state index contributed by atoms with van der Waals surface area (Å²) in [5.41, 5.74) is 24.9. The first kappa shape index (κ1) is 17.1. The molecule has 3 aromatic carbocycles. The van der Waals surface area contributed by atoms with Gasteiger partial charge in [0.2, 0.25) is 0 Å². The second-order valence-corrected chi connectivity index (χ2v) is 6.94. The summed E-state index contributed by atoms with van der Waals surface area (Å²) in [5.74, 6) is 0.